The van der Waals surface area contributed by atoms with E-state index in [1.165, 1.54) is 32.1 Å². The molecule has 3 heteroatoms. The molecule has 1 aliphatic carbocycles. The Morgan fingerprint density at radius 1 is 1.38 bits per heavy atom. The summed E-state index contributed by atoms with van der Waals surface area (Å²) < 4.78 is 5.48. The highest BCUT2D eigenvalue weighted by molar-refractivity contribution is 4.86. The fourth-order valence-corrected chi connectivity index (χ4v) is 2.51. The highest BCUT2D eigenvalue weighted by atomic mass is 16.5. The molecule has 3 nitrogen and oxygen atoms in total. The average molecular weight is 226 g/mol. The quantitative estimate of drug-likeness (QED) is 0.714. The summed E-state index contributed by atoms with van der Waals surface area (Å²) in [5.74, 6) is 0. The smallest absolute Gasteiger partial charge is 0.0622 e. The lowest BCUT2D eigenvalue weighted by atomic mass is 10.1. The maximum atomic E-state index is 5.48. The van der Waals surface area contributed by atoms with Crippen molar-refractivity contribution in [2.75, 3.05) is 26.8 Å². The fraction of sp³-hybridized carbons (Fsp3) is 1.00. The largest absolute Gasteiger partial charge is 0.380 e. The molecule has 0 radical (unpaired) electrons. The van der Waals surface area contributed by atoms with Crippen LogP contribution >= 0.6 is 0 Å². The van der Waals surface area contributed by atoms with Crippen LogP contribution in [0.15, 0.2) is 0 Å². The van der Waals surface area contributed by atoms with Crippen LogP contribution < -0.4 is 5.32 Å². The molecule has 2 unspecified atom stereocenters. The first-order valence-corrected chi connectivity index (χ1v) is 6.84. The zero-order valence-electron chi connectivity index (χ0n) is 10.7. The molecule has 0 aromatic heterocycles. The van der Waals surface area contributed by atoms with Crippen LogP contribution in [0, 0.1) is 0 Å². The predicted octanol–water partition coefficient (Wildman–Crippen LogP) is 1.63. The Labute approximate surface area is 99.5 Å². The van der Waals surface area contributed by atoms with Gasteiger partial charge < -0.3 is 10.1 Å². The van der Waals surface area contributed by atoms with Crippen LogP contribution in [0.25, 0.3) is 0 Å². The molecule has 0 aromatic carbocycles. The van der Waals surface area contributed by atoms with Crippen LogP contribution in [0.2, 0.25) is 0 Å². The van der Waals surface area contributed by atoms with Gasteiger partial charge in [0.1, 0.15) is 0 Å². The first-order chi connectivity index (χ1) is 7.81. The molecule has 1 aliphatic heterocycles. The van der Waals surface area contributed by atoms with E-state index in [0.717, 1.165) is 25.8 Å². The van der Waals surface area contributed by atoms with Crippen molar-refractivity contribution in [1.82, 2.24) is 10.2 Å². The van der Waals surface area contributed by atoms with E-state index in [0.29, 0.717) is 12.1 Å². The third-order valence-electron chi connectivity index (χ3n) is 3.90. The van der Waals surface area contributed by atoms with Crippen molar-refractivity contribution >= 4 is 0 Å². The van der Waals surface area contributed by atoms with E-state index >= 15 is 0 Å². The second-order valence-corrected chi connectivity index (χ2v) is 5.31. The van der Waals surface area contributed by atoms with Crippen molar-refractivity contribution in [2.45, 2.75) is 57.2 Å². The number of ether oxygens (including phenoxy) is 1. The highest BCUT2D eigenvalue weighted by Crippen LogP contribution is 2.20. The van der Waals surface area contributed by atoms with Crippen molar-refractivity contribution in [3.8, 4) is 0 Å². The molecule has 2 atom stereocenters. The first-order valence-electron chi connectivity index (χ1n) is 6.84. The molecule has 2 aliphatic rings. The zero-order chi connectivity index (χ0) is 11.4. The van der Waals surface area contributed by atoms with Gasteiger partial charge in [0, 0.05) is 31.3 Å². The Hall–Kier alpha value is -0.120. The Kier molecular flexibility index (Phi) is 4.62. The normalized spacial score (nSPS) is 27.6. The molecule has 94 valence electrons. The van der Waals surface area contributed by atoms with Gasteiger partial charge >= 0.3 is 0 Å². The molecular formula is C13H26N2O. The summed E-state index contributed by atoms with van der Waals surface area (Å²) in [5.41, 5.74) is 0. The number of hydrogen-bond acceptors (Lipinski definition) is 3. The summed E-state index contributed by atoms with van der Waals surface area (Å²) >= 11 is 0. The van der Waals surface area contributed by atoms with Crippen LogP contribution in [-0.4, -0.2) is 49.8 Å². The summed E-state index contributed by atoms with van der Waals surface area (Å²) in [6.45, 7) is 5.32. The van der Waals surface area contributed by atoms with E-state index in [-0.39, 0.29) is 0 Å². The van der Waals surface area contributed by atoms with Gasteiger partial charge in [0.2, 0.25) is 0 Å². The molecule has 1 saturated heterocycles. The van der Waals surface area contributed by atoms with Crippen molar-refractivity contribution in [3.05, 3.63) is 0 Å². The van der Waals surface area contributed by atoms with Crippen LogP contribution in [0.3, 0.4) is 0 Å². The summed E-state index contributed by atoms with van der Waals surface area (Å²) in [4.78, 5) is 2.55. The molecule has 16 heavy (non-hydrogen) atoms. The van der Waals surface area contributed by atoms with Crippen molar-refractivity contribution in [1.29, 1.82) is 0 Å². The second-order valence-electron chi connectivity index (χ2n) is 5.31. The lowest BCUT2D eigenvalue weighted by Crippen LogP contribution is -2.46. The Morgan fingerprint density at radius 3 is 2.75 bits per heavy atom. The van der Waals surface area contributed by atoms with Gasteiger partial charge in [-0.15, -0.1) is 0 Å². The minimum Gasteiger partial charge on any atom is -0.380 e. The molecule has 0 spiro atoms. The van der Waals surface area contributed by atoms with E-state index in [1.54, 1.807) is 0 Å². The maximum Gasteiger partial charge on any atom is 0.0622 e. The van der Waals surface area contributed by atoms with Gasteiger partial charge in [0.05, 0.1) is 6.61 Å². The minimum atomic E-state index is 0.651. The molecule has 1 heterocycles. The van der Waals surface area contributed by atoms with Gasteiger partial charge in [-0.25, -0.2) is 0 Å². The van der Waals surface area contributed by atoms with Gasteiger partial charge in [-0.05, 0) is 32.7 Å². The molecule has 1 saturated carbocycles. The zero-order valence-corrected chi connectivity index (χ0v) is 10.7. The highest BCUT2D eigenvalue weighted by Gasteiger charge is 2.27. The van der Waals surface area contributed by atoms with Crippen LogP contribution in [0.5, 0.6) is 0 Å². The Bertz CT molecular complexity index is 200. The van der Waals surface area contributed by atoms with Gasteiger partial charge in [-0.3, -0.25) is 4.90 Å². The minimum absolute atomic E-state index is 0.651. The van der Waals surface area contributed by atoms with Crippen molar-refractivity contribution in [2.24, 2.45) is 0 Å². The molecule has 0 aromatic rings. The lowest BCUT2D eigenvalue weighted by Gasteiger charge is -2.32. The third-order valence-corrected chi connectivity index (χ3v) is 3.90. The first kappa shape index (κ1) is 12.3. The number of nitrogens with one attached hydrogen (secondary N) is 1. The summed E-state index contributed by atoms with van der Waals surface area (Å²) in [7, 11) is 2.27. The van der Waals surface area contributed by atoms with E-state index in [2.05, 4.69) is 24.2 Å². The van der Waals surface area contributed by atoms with Gasteiger partial charge in [-0.1, -0.05) is 13.3 Å². The average Bonchev–Trinajstić information content (AvgIpc) is 2.95. The third kappa shape index (κ3) is 3.44. The monoisotopic (exact) mass is 226 g/mol. The van der Waals surface area contributed by atoms with Crippen LogP contribution in [-0.2, 0) is 4.74 Å². The summed E-state index contributed by atoms with van der Waals surface area (Å²) in [5, 5.41) is 3.66. The molecular weight excluding hydrogens is 200 g/mol. The van der Waals surface area contributed by atoms with E-state index < -0.39 is 0 Å². The Morgan fingerprint density at radius 2 is 2.19 bits per heavy atom. The SMILES string of the molecule is CCCC(CNC1CC1)N(C)C1CCOC1. The van der Waals surface area contributed by atoms with Crippen LogP contribution in [0.1, 0.15) is 39.0 Å². The molecule has 1 N–H and O–H groups in total. The topological polar surface area (TPSA) is 24.5 Å². The summed E-state index contributed by atoms with van der Waals surface area (Å²) in [6.07, 6.45) is 6.55. The van der Waals surface area contributed by atoms with E-state index in [1.807, 2.05) is 0 Å². The van der Waals surface area contributed by atoms with E-state index in [9.17, 15) is 0 Å². The lowest BCUT2D eigenvalue weighted by molar-refractivity contribution is 0.126. The number of rotatable bonds is 7. The van der Waals surface area contributed by atoms with Gasteiger partial charge in [-0.2, -0.15) is 0 Å². The van der Waals surface area contributed by atoms with Crippen molar-refractivity contribution in [3.63, 3.8) is 0 Å². The van der Waals surface area contributed by atoms with E-state index in [4.69, 9.17) is 4.74 Å². The molecule has 0 amide bonds. The Balaban J connectivity index is 1.77. The predicted molar refractivity (Wildman–Crippen MR) is 66.7 cm³/mol. The van der Waals surface area contributed by atoms with Gasteiger partial charge in [0.15, 0.2) is 0 Å². The summed E-state index contributed by atoms with van der Waals surface area (Å²) in [6, 6.07) is 2.17. The fourth-order valence-electron chi connectivity index (χ4n) is 2.51. The second kappa shape index (κ2) is 5.99. The van der Waals surface area contributed by atoms with Crippen LogP contribution in [0.4, 0.5) is 0 Å². The molecule has 2 fully saturated rings. The van der Waals surface area contributed by atoms with Gasteiger partial charge in [0.25, 0.3) is 0 Å². The standard InChI is InChI=1S/C13H26N2O/c1-3-4-12(9-14-11-5-6-11)15(2)13-7-8-16-10-13/h11-14H,3-10H2,1-2H3. The molecule has 0 bridgehead atoms. The number of hydrogen-bond donors (Lipinski definition) is 1. The molecule has 2 rings (SSSR count). The number of nitrogens with zero attached hydrogens (tertiary/aromatic N) is 1. The van der Waals surface area contributed by atoms with Crippen molar-refractivity contribution < 1.29 is 4.74 Å². The maximum absolute atomic E-state index is 5.48. The number of likely N-dealkylation sites (N-methyl/N-ethyl adjacent to an activating group) is 1.